The summed E-state index contributed by atoms with van der Waals surface area (Å²) in [5, 5.41) is 0. The predicted octanol–water partition coefficient (Wildman–Crippen LogP) is 1.58. The molecule has 1 aliphatic heterocycles. The molecule has 1 amide bonds. The number of nitrogens with zero attached hydrogens (tertiary/aromatic N) is 2. The van der Waals surface area contributed by atoms with Crippen LogP contribution in [-0.4, -0.2) is 42.1 Å². The van der Waals surface area contributed by atoms with Gasteiger partial charge in [-0.2, -0.15) is 0 Å². The number of pyridine rings is 1. The highest BCUT2D eigenvalue weighted by atomic mass is 35.5. The number of piperidine rings is 1. The van der Waals surface area contributed by atoms with Gasteiger partial charge in [-0.15, -0.1) is 12.4 Å². The zero-order chi connectivity index (χ0) is 13.1. The SMILES string of the molecule is COC1CN(C(=O)c2ccc(N)cn2)CCC1C.Cl. The number of likely N-dealkylation sites (tertiary alicyclic amines) is 1. The molecule has 2 heterocycles. The third kappa shape index (κ3) is 3.58. The second kappa shape index (κ2) is 6.73. The van der Waals surface area contributed by atoms with E-state index in [-0.39, 0.29) is 24.4 Å². The minimum Gasteiger partial charge on any atom is -0.397 e. The summed E-state index contributed by atoms with van der Waals surface area (Å²) in [4.78, 5) is 18.1. The molecule has 5 nitrogen and oxygen atoms in total. The van der Waals surface area contributed by atoms with Crippen molar-refractivity contribution in [3.05, 3.63) is 24.0 Å². The average molecular weight is 286 g/mol. The van der Waals surface area contributed by atoms with Gasteiger partial charge in [-0.05, 0) is 24.5 Å². The Morgan fingerprint density at radius 3 is 2.84 bits per heavy atom. The Bertz CT molecular complexity index is 424. The molecule has 0 spiro atoms. The smallest absolute Gasteiger partial charge is 0.272 e. The van der Waals surface area contributed by atoms with Crippen LogP contribution in [-0.2, 0) is 4.74 Å². The fourth-order valence-corrected chi connectivity index (χ4v) is 2.22. The van der Waals surface area contributed by atoms with Gasteiger partial charge in [0.1, 0.15) is 5.69 Å². The molecule has 19 heavy (non-hydrogen) atoms. The maximum Gasteiger partial charge on any atom is 0.272 e. The highest BCUT2D eigenvalue weighted by molar-refractivity contribution is 5.92. The van der Waals surface area contributed by atoms with Gasteiger partial charge >= 0.3 is 0 Å². The molecule has 0 aliphatic carbocycles. The van der Waals surface area contributed by atoms with Crippen molar-refractivity contribution in [2.75, 3.05) is 25.9 Å². The molecule has 106 valence electrons. The van der Waals surface area contributed by atoms with E-state index in [2.05, 4.69) is 11.9 Å². The molecule has 0 bridgehead atoms. The van der Waals surface area contributed by atoms with E-state index in [1.54, 1.807) is 24.1 Å². The molecule has 1 fully saturated rings. The molecular formula is C13H20ClN3O2. The van der Waals surface area contributed by atoms with Gasteiger partial charge in [0.2, 0.25) is 0 Å². The number of nitrogen functional groups attached to an aromatic ring is 1. The van der Waals surface area contributed by atoms with Crippen LogP contribution in [0.1, 0.15) is 23.8 Å². The zero-order valence-electron chi connectivity index (χ0n) is 11.2. The Kier molecular flexibility index (Phi) is 5.57. The first-order chi connectivity index (χ1) is 8.61. The molecule has 2 N–H and O–H groups in total. The molecule has 2 rings (SSSR count). The monoisotopic (exact) mass is 285 g/mol. The van der Waals surface area contributed by atoms with E-state index in [1.807, 2.05) is 0 Å². The van der Waals surface area contributed by atoms with E-state index in [1.165, 1.54) is 6.20 Å². The summed E-state index contributed by atoms with van der Waals surface area (Å²) >= 11 is 0. The van der Waals surface area contributed by atoms with Gasteiger partial charge in [-0.1, -0.05) is 6.92 Å². The van der Waals surface area contributed by atoms with Crippen LogP contribution in [0.3, 0.4) is 0 Å². The fraction of sp³-hybridized carbons (Fsp3) is 0.538. The van der Waals surface area contributed by atoms with E-state index in [0.717, 1.165) is 13.0 Å². The van der Waals surface area contributed by atoms with Crippen molar-refractivity contribution in [3.8, 4) is 0 Å². The van der Waals surface area contributed by atoms with E-state index in [0.29, 0.717) is 23.8 Å². The minimum atomic E-state index is -0.0519. The summed E-state index contributed by atoms with van der Waals surface area (Å²) in [6.07, 6.45) is 2.57. The summed E-state index contributed by atoms with van der Waals surface area (Å²) in [5.74, 6) is 0.433. The van der Waals surface area contributed by atoms with Gasteiger partial charge in [-0.25, -0.2) is 4.98 Å². The molecule has 1 aromatic heterocycles. The Hall–Kier alpha value is -1.33. The van der Waals surface area contributed by atoms with Gasteiger partial charge in [-0.3, -0.25) is 4.79 Å². The molecule has 2 unspecified atom stereocenters. The zero-order valence-corrected chi connectivity index (χ0v) is 12.0. The molecule has 1 saturated heterocycles. The summed E-state index contributed by atoms with van der Waals surface area (Å²) in [6, 6.07) is 3.36. The van der Waals surface area contributed by atoms with E-state index >= 15 is 0 Å². The molecule has 0 aromatic carbocycles. The number of aromatic nitrogens is 1. The Morgan fingerprint density at radius 2 is 2.26 bits per heavy atom. The van der Waals surface area contributed by atoms with Crippen molar-refractivity contribution in [2.24, 2.45) is 5.92 Å². The average Bonchev–Trinajstić information content (AvgIpc) is 2.39. The van der Waals surface area contributed by atoms with Crippen LogP contribution in [0.25, 0.3) is 0 Å². The van der Waals surface area contributed by atoms with Crippen molar-refractivity contribution < 1.29 is 9.53 Å². The summed E-state index contributed by atoms with van der Waals surface area (Å²) in [7, 11) is 1.69. The van der Waals surface area contributed by atoms with Crippen LogP contribution in [0.15, 0.2) is 18.3 Å². The van der Waals surface area contributed by atoms with Crippen molar-refractivity contribution in [1.82, 2.24) is 9.88 Å². The second-order valence-electron chi connectivity index (χ2n) is 4.77. The number of rotatable bonds is 2. The van der Waals surface area contributed by atoms with Crippen molar-refractivity contribution >= 4 is 24.0 Å². The predicted molar refractivity (Wildman–Crippen MR) is 76.4 cm³/mol. The van der Waals surface area contributed by atoms with Crippen LogP contribution in [0.4, 0.5) is 5.69 Å². The lowest BCUT2D eigenvalue weighted by molar-refractivity contribution is -0.00177. The van der Waals surface area contributed by atoms with Crippen LogP contribution >= 0.6 is 12.4 Å². The number of amides is 1. The molecule has 0 saturated carbocycles. The van der Waals surface area contributed by atoms with Gasteiger partial charge < -0.3 is 15.4 Å². The van der Waals surface area contributed by atoms with E-state index in [9.17, 15) is 4.79 Å². The maximum atomic E-state index is 12.2. The quantitative estimate of drug-likeness (QED) is 0.896. The molecule has 2 atom stereocenters. The first-order valence-electron chi connectivity index (χ1n) is 6.15. The van der Waals surface area contributed by atoms with Crippen LogP contribution < -0.4 is 5.73 Å². The maximum absolute atomic E-state index is 12.2. The summed E-state index contributed by atoms with van der Waals surface area (Å²) in [5.41, 5.74) is 6.56. The van der Waals surface area contributed by atoms with Crippen molar-refractivity contribution in [1.29, 1.82) is 0 Å². The number of methoxy groups -OCH3 is 1. The minimum absolute atomic E-state index is 0. The van der Waals surface area contributed by atoms with Crippen molar-refractivity contribution in [3.63, 3.8) is 0 Å². The Labute approximate surface area is 119 Å². The van der Waals surface area contributed by atoms with E-state index in [4.69, 9.17) is 10.5 Å². The fourth-order valence-electron chi connectivity index (χ4n) is 2.22. The molecule has 6 heteroatoms. The number of anilines is 1. The first-order valence-corrected chi connectivity index (χ1v) is 6.15. The van der Waals surface area contributed by atoms with Crippen LogP contribution in [0, 0.1) is 5.92 Å². The molecule has 0 radical (unpaired) electrons. The van der Waals surface area contributed by atoms with Crippen molar-refractivity contribution in [2.45, 2.75) is 19.4 Å². The summed E-state index contributed by atoms with van der Waals surface area (Å²) in [6.45, 7) is 3.53. The standard InChI is InChI=1S/C13H19N3O2.ClH/c1-9-5-6-16(8-12(9)18-2)13(17)11-4-3-10(14)7-15-11;/h3-4,7,9,12H,5-6,8,14H2,1-2H3;1H. The molecular weight excluding hydrogens is 266 g/mol. The topological polar surface area (TPSA) is 68.5 Å². The number of carbonyl (C=O) groups is 1. The first kappa shape index (κ1) is 15.7. The van der Waals surface area contributed by atoms with E-state index < -0.39 is 0 Å². The lowest BCUT2D eigenvalue weighted by Gasteiger charge is -2.36. The number of hydrogen-bond donors (Lipinski definition) is 1. The van der Waals surface area contributed by atoms with Gasteiger partial charge in [0.25, 0.3) is 5.91 Å². The lowest BCUT2D eigenvalue weighted by atomic mass is 9.95. The number of nitrogens with two attached hydrogens (primary N) is 1. The molecule has 1 aliphatic rings. The Balaban J connectivity index is 0.00000180. The number of hydrogen-bond acceptors (Lipinski definition) is 4. The van der Waals surface area contributed by atoms with Crippen LogP contribution in [0.5, 0.6) is 0 Å². The third-order valence-electron chi connectivity index (χ3n) is 3.48. The van der Waals surface area contributed by atoms with Crippen LogP contribution in [0.2, 0.25) is 0 Å². The Morgan fingerprint density at radius 1 is 1.53 bits per heavy atom. The third-order valence-corrected chi connectivity index (χ3v) is 3.48. The van der Waals surface area contributed by atoms with Gasteiger partial charge in [0, 0.05) is 20.2 Å². The number of ether oxygens (including phenoxy) is 1. The highest BCUT2D eigenvalue weighted by Crippen LogP contribution is 2.20. The lowest BCUT2D eigenvalue weighted by Crippen LogP contribution is -2.46. The van der Waals surface area contributed by atoms with Gasteiger partial charge in [0.15, 0.2) is 0 Å². The second-order valence-corrected chi connectivity index (χ2v) is 4.77. The number of carbonyl (C=O) groups excluding carboxylic acids is 1. The number of halogens is 1. The van der Waals surface area contributed by atoms with Gasteiger partial charge in [0.05, 0.1) is 18.0 Å². The highest BCUT2D eigenvalue weighted by Gasteiger charge is 2.29. The largest absolute Gasteiger partial charge is 0.397 e. The summed E-state index contributed by atoms with van der Waals surface area (Å²) < 4.78 is 5.40. The molecule has 1 aromatic rings. The normalized spacial score (nSPS) is 22.7.